The number of methoxy groups -OCH3 is 1. The lowest BCUT2D eigenvalue weighted by atomic mass is 10.00. The van der Waals surface area contributed by atoms with Gasteiger partial charge in [-0.1, -0.05) is 23.8 Å². The van der Waals surface area contributed by atoms with Gasteiger partial charge in [-0.25, -0.2) is 0 Å². The predicted molar refractivity (Wildman–Crippen MR) is 105 cm³/mol. The molecule has 0 heterocycles. The fourth-order valence-electron chi connectivity index (χ4n) is 2.89. The molecule has 142 valence electrons. The van der Waals surface area contributed by atoms with Gasteiger partial charge in [0.25, 0.3) is 0 Å². The maximum absolute atomic E-state index is 12.2. The van der Waals surface area contributed by atoms with Crippen LogP contribution in [0.4, 0.5) is 0 Å². The minimum absolute atomic E-state index is 0.00111. The number of carbonyl (C=O) groups excluding carboxylic acids is 1. The Labute approximate surface area is 160 Å². The smallest absolute Gasteiger partial charge is 0.220 e. The van der Waals surface area contributed by atoms with Crippen LogP contribution in [0.3, 0.4) is 0 Å². The number of benzene rings is 2. The van der Waals surface area contributed by atoms with E-state index in [1.54, 1.807) is 18.2 Å². The second kappa shape index (κ2) is 9.63. The van der Waals surface area contributed by atoms with Crippen LogP contribution in [0.5, 0.6) is 11.5 Å². The van der Waals surface area contributed by atoms with Crippen LogP contribution in [-0.4, -0.2) is 19.6 Å². The average molecular weight is 366 g/mol. The van der Waals surface area contributed by atoms with Crippen LogP contribution >= 0.6 is 0 Å². The highest BCUT2D eigenvalue weighted by atomic mass is 16.5. The molecular weight excluding hydrogens is 340 g/mol. The molecule has 0 saturated heterocycles. The zero-order chi connectivity index (χ0) is 19.8. The van der Waals surface area contributed by atoms with Gasteiger partial charge in [-0.05, 0) is 50.5 Å². The summed E-state index contributed by atoms with van der Waals surface area (Å²) in [7, 11) is 1.53. The molecule has 0 aliphatic heterocycles. The molecule has 0 saturated carbocycles. The topological polar surface area (TPSA) is 71.3 Å². The van der Waals surface area contributed by atoms with Gasteiger partial charge in [-0.2, -0.15) is 5.26 Å². The van der Waals surface area contributed by atoms with Crippen LogP contribution in [0.15, 0.2) is 36.4 Å². The zero-order valence-corrected chi connectivity index (χ0v) is 16.3. The summed E-state index contributed by atoms with van der Waals surface area (Å²) < 4.78 is 10.9. The van der Waals surface area contributed by atoms with E-state index in [-0.39, 0.29) is 11.9 Å². The van der Waals surface area contributed by atoms with Gasteiger partial charge >= 0.3 is 0 Å². The first-order chi connectivity index (χ1) is 12.9. The molecule has 0 aliphatic carbocycles. The Morgan fingerprint density at radius 2 is 1.96 bits per heavy atom. The summed E-state index contributed by atoms with van der Waals surface area (Å²) >= 11 is 0. The zero-order valence-electron chi connectivity index (χ0n) is 16.3. The van der Waals surface area contributed by atoms with Gasteiger partial charge in [0.2, 0.25) is 5.91 Å². The fourth-order valence-corrected chi connectivity index (χ4v) is 2.89. The van der Waals surface area contributed by atoms with E-state index in [0.717, 1.165) is 5.56 Å². The van der Waals surface area contributed by atoms with E-state index < -0.39 is 0 Å². The average Bonchev–Trinajstić information content (AvgIpc) is 2.66. The molecule has 0 fully saturated rings. The Balaban J connectivity index is 1.81. The van der Waals surface area contributed by atoms with Gasteiger partial charge in [-0.15, -0.1) is 0 Å². The van der Waals surface area contributed by atoms with Crippen molar-refractivity contribution >= 4 is 5.91 Å². The Bertz CT molecular complexity index is 840. The Morgan fingerprint density at radius 3 is 2.67 bits per heavy atom. The Morgan fingerprint density at radius 1 is 1.19 bits per heavy atom. The molecular formula is C22H26N2O3. The third-order valence-electron chi connectivity index (χ3n) is 4.38. The van der Waals surface area contributed by atoms with Crippen molar-refractivity contribution in [1.29, 1.82) is 5.26 Å². The molecule has 0 aromatic heterocycles. The molecule has 0 radical (unpaired) electrons. The van der Waals surface area contributed by atoms with Gasteiger partial charge in [0.15, 0.2) is 11.5 Å². The second-order valence-electron chi connectivity index (χ2n) is 6.58. The minimum atomic E-state index is -0.0306. The molecule has 1 N–H and O–H groups in total. The monoisotopic (exact) mass is 366 g/mol. The number of rotatable bonds is 8. The third-order valence-corrected chi connectivity index (χ3v) is 4.38. The van der Waals surface area contributed by atoms with Crippen molar-refractivity contribution in [3.8, 4) is 17.6 Å². The van der Waals surface area contributed by atoms with Crippen molar-refractivity contribution in [2.45, 2.75) is 39.7 Å². The van der Waals surface area contributed by atoms with Crippen LogP contribution in [0.25, 0.3) is 0 Å². The SMILES string of the molecule is COc1cc(C#N)ccc1OCCCC(=O)NC(C)c1cc(C)ccc1C. The van der Waals surface area contributed by atoms with Gasteiger partial charge in [0, 0.05) is 12.5 Å². The summed E-state index contributed by atoms with van der Waals surface area (Å²) in [6.07, 6.45) is 0.975. The third kappa shape index (κ3) is 5.75. The number of nitrogens with zero attached hydrogens (tertiary/aromatic N) is 1. The molecule has 5 nitrogen and oxygen atoms in total. The number of hydrogen-bond donors (Lipinski definition) is 1. The number of hydrogen-bond acceptors (Lipinski definition) is 4. The summed E-state index contributed by atoms with van der Waals surface area (Å²) in [5, 5.41) is 12.0. The van der Waals surface area contributed by atoms with Gasteiger partial charge < -0.3 is 14.8 Å². The van der Waals surface area contributed by atoms with E-state index in [1.807, 2.05) is 13.8 Å². The molecule has 2 aromatic carbocycles. The normalized spacial score (nSPS) is 11.4. The molecule has 27 heavy (non-hydrogen) atoms. The number of amides is 1. The highest BCUT2D eigenvalue weighted by Gasteiger charge is 2.12. The quantitative estimate of drug-likeness (QED) is 0.710. The van der Waals surface area contributed by atoms with Crippen LogP contribution < -0.4 is 14.8 Å². The summed E-state index contributed by atoms with van der Waals surface area (Å²) in [6.45, 7) is 6.49. The molecule has 1 atom stereocenters. The van der Waals surface area contributed by atoms with E-state index in [9.17, 15) is 4.79 Å². The molecule has 0 bridgehead atoms. The molecule has 2 rings (SSSR count). The maximum Gasteiger partial charge on any atom is 0.220 e. The van der Waals surface area contributed by atoms with E-state index >= 15 is 0 Å². The van der Waals surface area contributed by atoms with Gasteiger partial charge in [0.05, 0.1) is 31.4 Å². The molecule has 5 heteroatoms. The minimum Gasteiger partial charge on any atom is -0.493 e. The first-order valence-electron chi connectivity index (χ1n) is 9.02. The lowest BCUT2D eigenvalue weighted by Crippen LogP contribution is -2.27. The van der Waals surface area contributed by atoms with E-state index in [4.69, 9.17) is 14.7 Å². The highest BCUT2D eigenvalue weighted by molar-refractivity contribution is 5.76. The molecule has 0 aliphatic rings. The predicted octanol–water partition coefficient (Wildman–Crippen LogP) is 4.22. The van der Waals surface area contributed by atoms with Crippen LogP contribution in [0, 0.1) is 25.2 Å². The summed E-state index contributed by atoms with van der Waals surface area (Å²) in [5.41, 5.74) is 4.01. The first kappa shape index (κ1) is 20.3. The number of ether oxygens (including phenoxy) is 2. The first-order valence-corrected chi connectivity index (χ1v) is 9.02. The Kier molecular flexibility index (Phi) is 7.25. The van der Waals surface area contributed by atoms with Gasteiger partial charge in [0.1, 0.15) is 0 Å². The standard InChI is InChI=1S/C22H26N2O3/c1-15-7-8-16(2)19(12-15)17(3)24-22(25)6-5-11-27-20-10-9-18(14-23)13-21(20)26-4/h7-10,12-13,17H,5-6,11H2,1-4H3,(H,24,25). The van der Waals surface area contributed by atoms with Crippen molar-refractivity contribution in [3.05, 3.63) is 58.7 Å². The van der Waals surface area contributed by atoms with Crippen LogP contribution in [0.1, 0.15) is 48.1 Å². The van der Waals surface area contributed by atoms with Crippen molar-refractivity contribution in [2.24, 2.45) is 0 Å². The lowest BCUT2D eigenvalue weighted by Gasteiger charge is -2.17. The number of aryl methyl sites for hydroxylation is 2. The Hall–Kier alpha value is -3.00. The summed E-state index contributed by atoms with van der Waals surface area (Å²) in [4.78, 5) is 12.2. The lowest BCUT2D eigenvalue weighted by molar-refractivity contribution is -0.121. The van der Waals surface area contributed by atoms with E-state index in [2.05, 4.69) is 36.5 Å². The highest BCUT2D eigenvalue weighted by Crippen LogP contribution is 2.28. The van der Waals surface area contributed by atoms with Crippen molar-refractivity contribution in [1.82, 2.24) is 5.32 Å². The van der Waals surface area contributed by atoms with Crippen molar-refractivity contribution in [3.63, 3.8) is 0 Å². The molecule has 2 aromatic rings. The van der Waals surface area contributed by atoms with Gasteiger partial charge in [-0.3, -0.25) is 4.79 Å². The number of nitriles is 1. The molecule has 1 amide bonds. The largest absolute Gasteiger partial charge is 0.493 e. The van der Waals surface area contributed by atoms with E-state index in [1.165, 1.54) is 18.2 Å². The molecule has 1 unspecified atom stereocenters. The second-order valence-corrected chi connectivity index (χ2v) is 6.58. The number of nitrogens with one attached hydrogen (secondary N) is 1. The number of carbonyl (C=O) groups is 1. The van der Waals surface area contributed by atoms with Crippen molar-refractivity contribution in [2.75, 3.05) is 13.7 Å². The molecule has 0 spiro atoms. The summed E-state index contributed by atoms with van der Waals surface area (Å²) in [5.74, 6) is 1.08. The summed E-state index contributed by atoms with van der Waals surface area (Å²) in [6, 6.07) is 13.3. The maximum atomic E-state index is 12.2. The van der Waals surface area contributed by atoms with Crippen molar-refractivity contribution < 1.29 is 14.3 Å². The van der Waals surface area contributed by atoms with E-state index in [0.29, 0.717) is 36.5 Å². The van der Waals surface area contributed by atoms with Crippen LogP contribution in [-0.2, 0) is 4.79 Å². The fraction of sp³-hybridized carbons (Fsp3) is 0.364. The van der Waals surface area contributed by atoms with Crippen LogP contribution in [0.2, 0.25) is 0 Å².